The third-order valence-corrected chi connectivity index (χ3v) is 3.39. The molecule has 2 nitrogen and oxygen atoms in total. The van der Waals surface area contributed by atoms with Crippen molar-refractivity contribution in [1.82, 2.24) is 5.32 Å². The monoisotopic (exact) mass is 237 g/mol. The molecule has 0 radical (unpaired) electrons. The van der Waals surface area contributed by atoms with Crippen LogP contribution in [0, 0.1) is 0 Å². The fourth-order valence-electron chi connectivity index (χ4n) is 2.52. The number of amides is 1. The maximum Gasteiger partial charge on any atom is 0.251 e. The Balaban J connectivity index is 2.17. The van der Waals surface area contributed by atoms with E-state index in [1.54, 1.807) is 0 Å². The molecule has 2 heteroatoms. The average molecular weight is 237 g/mol. The van der Waals surface area contributed by atoms with E-state index in [1.165, 1.54) is 16.7 Å². The van der Waals surface area contributed by atoms with Gasteiger partial charge in [0, 0.05) is 12.1 Å². The van der Waals surface area contributed by atoms with Crippen LogP contribution in [-0.4, -0.2) is 12.5 Å². The summed E-state index contributed by atoms with van der Waals surface area (Å²) in [5.74, 6) is 0.0558. The Labute approximate surface area is 107 Å². The van der Waals surface area contributed by atoms with Crippen molar-refractivity contribution in [3.63, 3.8) is 0 Å². The van der Waals surface area contributed by atoms with Crippen LogP contribution in [0.1, 0.15) is 22.3 Å². The molecule has 0 bridgehead atoms. The molecule has 0 atom stereocenters. The number of nitrogens with one attached hydrogen (secondary N) is 1. The van der Waals surface area contributed by atoms with Crippen molar-refractivity contribution in [2.45, 2.75) is 12.8 Å². The molecule has 1 amide bonds. The first-order valence-corrected chi connectivity index (χ1v) is 6.32. The van der Waals surface area contributed by atoms with Crippen molar-refractivity contribution in [3.8, 4) is 11.1 Å². The number of rotatable bonds is 1. The minimum absolute atomic E-state index is 0.0558. The van der Waals surface area contributed by atoms with Gasteiger partial charge < -0.3 is 5.32 Å². The Bertz CT molecular complexity index is 575. The summed E-state index contributed by atoms with van der Waals surface area (Å²) in [7, 11) is 0. The van der Waals surface area contributed by atoms with Crippen molar-refractivity contribution in [2.24, 2.45) is 0 Å². The highest BCUT2D eigenvalue weighted by molar-refractivity contribution is 5.98. The lowest BCUT2D eigenvalue weighted by atomic mass is 9.93. The largest absolute Gasteiger partial charge is 0.352 e. The molecule has 1 heterocycles. The quantitative estimate of drug-likeness (QED) is 0.811. The smallest absolute Gasteiger partial charge is 0.251 e. The van der Waals surface area contributed by atoms with Gasteiger partial charge in [-0.3, -0.25) is 4.79 Å². The molecular formula is C16H15NO. The number of carbonyl (C=O) groups is 1. The number of carbonyl (C=O) groups excluding carboxylic acids is 1. The molecule has 1 aliphatic rings. The van der Waals surface area contributed by atoms with E-state index < -0.39 is 0 Å². The van der Waals surface area contributed by atoms with Gasteiger partial charge in [0.05, 0.1) is 0 Å². The summed E-state index contributed by atoms with van der Waals surface area (Å²) in [5.41, 5.74) is 4.38. The summed E-state index contributed by atoms with van der Waals surface area (Å²) < 4.78 is 0. The molecule has 2 aromatic rings. The average Bonchev–Trinajstić information content (AvgIpc) is 2.62. The van der Waals surface area contributed by atoms with Gasteiger partial charge in [-0.25, -0.2) is 0 Å². The second kappa shape index (κ2) is 4.65. The summed E-state index contributed by atoms with van der Waals surface area (Å²) >= 11 is 0. The Morgan fingerprint density at radius 1 is 0.889 bits per heavy atom. The van der Waals surface area contributed by atoms with Crippen molar-refractivity contribution in [2.75, 3.05) is 6.54 Å². The second-order valence-corrected chi connectivity index (χ2v) is 4.56. The minimum Gasteiger partial charge on any atom is -0.352 e. The van der Waals surface area contributed by atoms with Crippen LogP contribution in [0.15, 0.2) is 48.5 Å². The number of benzene rings is 2. The van der Waals surface area contributed by atoms with E-state index in [4.69, 9.17) is 0 Å². The van der Waals surface area contributed by atoms with Gasteiger partial charge in [-0.2, -0.15) is 0 Å². The summed E-state index contributed by atoms with van der Waals surface area (Å²) in [5, 5.41) is 2.94. The van der Waals surface area contributed by atoms with Crippen molar-refractivity contribution >= 4 is 5.91 Å². The SMILES string of the molecule is O=C1NCCCc2c1cccc2-c1ccccc1. The Morgan fingerprint density at radius 2 is 1.67 bits per heavy atom. The summed E-state index contributed by atoms with van der Waals surface area (Å²) in [4.78, 5) is 12.0. The fourth-order valence-corrected chi connectivity index (χ4v) is 2.52. The van der Waals surface area contributed by atoms with E-state index in [0.717, 1.165) is 24.9 Å². The lowest BCUT2D eigenvalue weighted by molar-refractivity contribution is 0.0956. The molecule has 1 aliphatic heterocycles. The first-order chi connectivity index (χ1) is 8.86. The van der Waals surface area contributed by atoms with E-state index in [9.17, 15) is 4.79 Å². The van der Waals surface area contributed by atoms with Crippen LogP contribution >= 0.6 is 0 Å². The molecule has 0 aromatic heterocycles. The molecule has 0 saturated carbocycles. The molecule has 18 heavy (non-hydrogen) atoms. The maximum atomic E-state index is 12.0. The fraction of sp³-hybridized carbons (Fsp3) is 0.188. The van der Waals surface area contributed by atoms with E-state index in [-0.39, 0.29) is 5.91 Å². The van der Waals surface area contributed by atoms with Gasteiger partial charge in [-0.15, -0.1) is 0 Å². The van der Waals surface area contributed by atoms with E-state index in [0.29, 0.717) is 0 Å². The topological polar surface area (TPSA) is 29.1 Å². The first kappa shape index (κ1) is 11.0. The van der Waals surface area contributed by atoms with Gasteiger partial charge in [-0.05, 0) is 35.6 Å². The normalized spacial score (nSPS) is 14.6. The van der Waals surface area contributed by atoms with Crippen LogP contribution in [0.3, 0.4) is 0 Å². The highest BCUT2D eigenvalue weighted by Crippen LogP contribution is 2.28. The lowest BCUT2D eigenvalue weighted by Gasteiger charge is -2.11. The predicted octanol–water partition coefficient (Wildman–Crippen LogP) is 3.03. The van der Waals surface area contributed by atoms with Crippen LogP contribution in [0.25, 0.3) is 11.1 Å². The number of hydrogen-bond donors (Lipinski definition) is 1. The number of hydrogen-bond acceptors (Lipinski definition) is 1. The zero-order chi connectivity index (χ0) is 12.4. The standard InChI is InChI=1S/C16H15NO/c18-16-15-9-4-8-13(12-6-2-1-3-7-12)14(15)10-5-11-17-16/h1-4,6-9H,5,10-11H2,(H,17,18). The number of fused-ring (bicyclic) bond motifs is 1. The van der Waals surface area contributed by atoms with Crippen molar-refractivity contribution < 1.29 is 4.79 Å². The van der Waals surface area contributed by atoms with Crippen molar-refractivity contribution in [3.05, 3.63) is 59.7 Å². The van der Waals surface area contributed by atoms with Crippen LogP contribution in [0.4, 0.5) is 0 Å². The summed E-state index contributed by atoms with van der Waals surface area (Å²) in [6.45, 7) is 0.766. The Morgan fingerprint density at radius 3 is 2.50 bits per heavy atom. The van der Waals surface area contributed by atoms with E-state index in [1.807, 2.05) is 30.3 Å². The zero-order valence-electron chi connectivity index (χ0n) is 10.1. The van der Waals surface area contributed by atoms with Gasteiger partial charge in [0.25, 0.3) is 5.91 Å². The molecule has 3 rings (SSSR count). The lowest BCUT2D eigenvalue weighted by Crippen LogP contribution is -2.22. The molecule has 2 aromatic carbocycles. The molecule has 0 saturated heterocycles. The molecule has 0 fully saturated rings. The Kier molecular flexibility index (Phi) is 2.85. The van der Waals surface area contributed by atoms with Crippen LogP contribution in [-0.2, 0) is 6.42 Å². The van der Waals surface area contributed by atoms with Crippen LogP contribution < -0.4 is 5.32 Å². The predicted molar refractivity (Wildman–Crippen MR) is 72.5 cm³/mol. The van der Waals surface area contributed by atoms with E-state index in [2.05, 4.69) is 23.5 Å². The molecule has 0 aliphatic carbocycles. The molecule has 0 spiro atoms. The molecule has 90 valence electrons. The minimum atomic E-state index is 0.0558. The maximum absolute atomic E-state index is 12.0. The van der Waals surface area contributed by atoms with Gasteiger partial charge >= 0.3 is 0 Å². The van der Waals surface area contributed by atoms with Gasteiger partial charge in [-0.1, -0.05) is 42.5 Å². The van der Waals surface area contributed by atoms with Gasteiger partial charge in [0.1, 0.15) is 0 Å². The third kappa shape index (κ3) is 1.90. The Hall–Kier alpha value is -2.09. The van der Waals surface area contributed by atoms with Gasteiger partial charge in [0.15, 0.2) is 0 Å². The first-order valence-electron chi connectivity index (χ1n) is 6.32. The molecular weight excluding hydrogens is 222 g/mol. The highest BCUT2D eigenvalue weighted by atomic mass is 16.1. The van der Waals surface area contributed by atoms with E-state index >= 15 is 0 Å². The summed E-state index contributed by atoms with van der Waals surface area (Å²) in [6, 6.07) is 16.3. The van der Waals surface area contributed by atoms with Crippen LogP contribution in [0.5, 0.6) is 0 Å². The molecule has 1 N–H and O–H groups in total. The van der Waals surface area contributed by atoms with Gasteiger partial charge in [0.2, 0.25) is 0 Å². The zero-order valence-corrected chi connectivity index (χ0v) is 10.1. The van der Waals surface area contributed by atoms with Crippen LogP contribution in [0.2, 0.25) is 0 Å². The molecule has 0 unspecified atom stereocenters. The summed E-state index contributed by atoms with van der Waals surface area (Å²) in [6.07, 6.45) is 1.96. The second-order valence-electron chi connectivity index (χ2n) is 4.56. The van der Waals surface area contributed by atoms with Crippen molar-refractivity contribution in [1.29, 1.82) is 0 Å². The third-order valence-electron chi connectivity index (χ3n) is 3.39. The highest BCUT2D eigenvalue weighted by Gasteiger charge is 2.17.